The van der Waals surface area contributed by atoms with E-state index in [0.29, 0.717) is 13.0 Å². The molecule has 1 atom stereocenters. The van der Waals surface area contributed by atoms with Crippen molar-refractivity contribution in [1.82, 2.24) is 4.90 Å². The smallest absolute Gasteiger partial charge is 0.306 e. The lowest BCUT2D eigenvalue weighted by Gasteiger charge is -2.33. The van der Waals surface area contributed by atoms with E-state index in [9.17, 15) is 4.79 Å². The fourth-order valence-electron chi connectivity index (χ4n) is 3.80. The SMILES string of the molecule is CCCCCCCCOc1ccc(C2CN(CCCC(=O)OC(C)(C)C)CCO2)cc1. The van der Waals surface area contributed by atoms with Crippen molar-refractivity contribution in [2.75, 3.05) is 32.8 Å². The van der Waals surface area contributed by atoms with Crippen molar-refractivity contribution in [2.45, 2.75) is 90.8 Å². The Bertz CT molecular complexity index is 623. The van der Waals surface area contributed by atoms with Gasteiger partial charge in [0, 0.05) is 19.5 Å². The molecule has 31 heavy (non-hydrogen) atoms. The van der Waals surface area contributed by atoms with Gasteiger partial charge in [0.15, 0.2) is 0 Å². The number of unbranched alkanes of at least 4 members (excludes halogenated alkanes) is 5. The quantitative estimate of drug-likeness (QED) is 0.285. The van der Waals surface area contributed by atoms with E-state index in [4.69, 9.17) is 14.2 Å². The zero-order valence-electron chi connectivity index (χ0n) is 20.2. The number of carbonyl (C=O) groups excluding carboxylic acids is 1. The second-order valence-electron chi connectivity index (χ2n) is 9.54. The highest BCUT2D eigenvalue weighted by molar-refractivity contribution is 5.69. The lowest BCUT2D eigenvalue weighted by molar-refractivity contribution is -0.155. The number of hydrogen-bond acceptors (Lipinski definition) is 5. The van der Waals surface area contributed by atoms with Gasteiger partial charge in [0.1, 0.15) is 11.4 Å². The predicted octanol–water partition coefficient (Wildman–Crippen LogP) is 5.92. The Kier molecular flexibility index (Phi) is 11.4. The van der Waals surface area contributed by atoms with Crippen molar-refractivity contribution in [1.29, 1.82) is 0 Å². The van der Waals surface area contributed by atoms with Crippen LogP contribution in [0.1, 0.15) is 90.7 Å². The molecule has 1 saturated heterocycles. The van der Waals surface area contributed by atoms with Crippen LogP contribution >= 0.6 is 0 Å². The number of rotatable bonds is 13. The summed E-state index contributed by atoms with van der Waals surface area (Å²) in [7, 11) is 0. The van der Waals surface area contributed by atoms with Gasteiger partial charge >= 0.3 is 5.97 Å². The molecule has 1 aliphatic heterocycles. The molecule has 0 N–H and O–H groups in total. The molecule has 5 heteroatoms. The Morgan fingerprint density at radius 2 is 1.77 bits per heavy atom. The van der Waals surface area contributed by atoms with E-state index < -0.39 is 5.60 Å². The first-order chi connectivity index (χ1) is 14.9. The van der Waals surface area contributed by atoms with Gasteiger partial charge in [-0.3, -0.25) is 9.69 Å². The van der Waals surface area contributed by atoms with Gasteiger partial charge in [-0.05, 0) is 57.9 Å². The van der Waals surface area contributed by atoms with Crippen LogP contribution in [0.3, 0.4) is 0 Å². The predicted molar refractivity (Wildman–Crippen MR) is 126 cm³/mol. The molecular weight excluding hydrogens is 390 g/mol. The number of benzene rings is 1. The Morgan fingerprint density at radius 3 is 2.48 bits per heavy atom. The molecule has 0 saturated carbocycles. The summed E-state index contributed by atoms with van der Waals surface area (Å²) < 4.78 is 17.3. The fourth-order valence-corrected chi connectivity index (χ4v) is 3.80. The first-order valence-electron chi connectivity index (χ1n) is 12.2. The van der Waals surface area contributed by atoms with Crippen LogP contribution in [0.2, 0.25) is 0 Å². The van der Waals surface area contributed by atoms with Gasteiger partial charge < -0.3 is 14.2 Å². The standard InChI is InChI=1S/C26H43NO4/c1-5-6-7-8-9-10-19-29-23-15-13-22(14-16-23)24-21-27(18-20-30-24)17-11-12-25(28)31-26(2,3)4/h13-16,24H,5-12,17-21H2,1-4H3. The van der Waals surface area contributed by atoms with Crippen LogP contribution in [0.4, 0.5) is 0 Å². The highest BCUT2D eigenvalue weighted by Crippen LogP contribution is 2.25. The van der Waals surface area contributed by atoms with E-state index >= 15 is 0 Å². The molecule has 1 aromatic carbocycles. The maximum Gasteiger partial charge on any atom is 0.306 e. The Labute approximate surface area is 189 Å². The molecule has 0 spiro atoms. The monoisotopic (exact) mass is 433 g/mol. The topological polar surface area (TPSA) is 48.0 Å². The molecule has 0 aromatic heterocycles. The third kappa shape index (κ3) is 11.0. The summed E-state index contributed by atoms with van der Waals surface area (Å²) in [6.45, 7) is 12.1. The summed E-state index contributed by atoms with van der Waals surface area (Å²) >= 11 is 0. The number of hydrogen-bond donors (Lipinski definition) is 0. The van der Waals surface area contributed by atoms with Gasteiger partial charge in [0.05, 0.1) is 19.3 Å². The van der Waals surface area contributed by atoms with Crippen LogP contribution in [-0.4, -0.2) is 49.3 Å². The van der Waals surface area contributed by atoms with Gasteiger partial charge in [-0.25, -0.2) is 0 Å². The zero-order valence-corrected chi connectivity index (χ0v) is 20.2. The van der Waals surface area contributed by atoms with Crippen molar-refractivity contribution in [3.8, 4) is 5.75 Å². The number of morpholine rings is 1. The van der Waals surface area contributed by atoms with E-state index in [0.717, 1.165) is 44.8 Å². The maximum atomic E-state index is 11.9. The molecule has 1 fully saturated rings. The fraction of sp³-hybridized carbons (Fsp3) is 0.731. The van der Waals surface area contributed by atoms with Crippen molar-refractivity contribution in [3.05, 3.63) is 29.8 Å². The van der Waals surface area contributed by atoms with Crippen LogP contribution in [0, 0.1) is 0 Å². The second-order valence-corrected chi connectivity index (χ2v) is 9.54. The third-order valence-electron chi connectivity index (χ3n) is 5.44. The van der Waals surface area contributed by atoms with E-state index in [1.54, 1.807) is 0 Å². The number of ether oxygens (including phenoxy) is 3. The Balaban J connectivity index is 1.67. The molecule has 0 radical (unpaired) electrons. The van der Waals surface area contributed by atoms with E-state index in [2.05, 4.69) is 36.1 Å². The van der Waals surface area contributed by atoms with Crippen LogP contribution < -0.4 is 4.74 Å². The molecule has 1 unspecified atom stereocenters. The highest BCUT2D eigenvalue weighted by Gasteiger charge is 2.22. The van der Waals surface area contributed by atoms with Crippen molar-refractivity contribution < 1.29 is 19.0 Å². The van der Waals surface area contributed by atoms with Crippen molar-refractivity contribution >= 4 is 5.97 Å². The highest BCUT2D eigenvalue weighted by atomic mass is 16.6. The Hall–Kier alpha value is -1.59. The largest absolute Gasteiger partial charge is 0.494 e. The molecule has 1 aromatic rings. The molecule has 1 aliphatic rings. The van der Waals surface area contributed by atoms with Crippen molar-refractivity contribution in [3.63, 3.8) is 0 Å². The summed E-state index contributed by atoms with van der Waals surface area (Å²) in [6, 6.07) is 8.34. The van der Waals surface area contributed by atoms with Crippen LogP contribution in [0.5, 0.6) is 5.75 Å². The van der Waals surface area contributed by atoms with Gasteiger partial charge in [0.25, 0.3) is 0 Å². The third-order valence-corrected chi connectivity index (χ3v) is 5.44. The maximum absolute atomic E-state index is 11.9. The average Bonchev–Trinajstić information content (AvgIpc) is 2.72. The number of nitrogens with zero attached hydrogens (tertiary/aromatic N) is 1. The molecule has 176 valence electrons. The summed E-state index contributed by atoms with van der Waals surface area (Å²) in [5.74, 6) is 0.816. The van der Waals surface area contributed by atoms with Crippen molar-refractivity contribution in [2.24, 2.45) is 0 Å². The number of esters is 1. The molecule has 0 bridgehead atoms. The van der Waals surface area contributed by atoms with E-state index in [1.165, 1.54) is 37.7 Å². The molecule has 1 heterocycles. The molecule has 2 rings (SSSR count). The van der Waals surface area contributed by atoms with E-state index in [1.807, 2.05) is 20.8 Å². The second kappa shape index (κ2) is 13.7. The van der Waals surface area contributed by atoms with E-state index in [-0.39, 0.29) is 12.1 Å². The summed E-state index contributed by atoms with van der Waals surface area (Å²) in [6.07, 6.45) is 8.99. The lowest BCUT2D eigenvalue weighted by atomic mass is 10.1. The Morgan fingerprint density at radius 1 is 1.06 bits per heavy atom. The van der Waals surface area contributed by atoms with Crippen LogP contribution in [-0.2, 0) is 14.3 Å². The first kappa shape index (κ1) is 25.7. The molecule has 0 amide bonds. The minimum absolute atomic E-state index is 0.0721. The van der Waals surface area contributed by atoms with Gasteiger partial charge in [0.2, 0.25) is 0 Å². The summed E-state index contributed by atoms with van der Waals surface area (Å²) in [5.41, 5.74) is 0.773. The first-order valence-corrected chi connectivity index (χ1v) is 12.2. The van der Waals surface area contributed by atoms with Gasteiger partial charge in [-0.15, -0.1) is 0 Å². The minimum Gasteiger partial charge on any atom is -0.494 e. The zero-order chi connectivity index (χ0) is 22.5. The summed E-state index contributed by atoms with van der Waals surface area (Å²) in [4.78, 5) is 14.3. The van der Waals surface area contributed by atoms with Crippen LogP contribution in [0.25, 0.3) is 0 Å². The van der Waals surface area contributed by atoms with Gasteiger partial charge in [-0.1, -0.05) is 51.2 Å². The van der Waals surface area contributed by atoms with Gasteiger partial charge in [-0.2, -0.15) is 0 Å². The number of carbonyl (C=O) groups is 1. The normalized spacial score (nSPS) is 17.5. The molecule has 5 nitrogen and oxygen atoms in total. The average molecular weight is 434 g/mol. The minimum atomic E-state index is -0.411. The van der Waals surface area contributed by atoms with Crippen LogP contribution in [0.15, 0.2) is 24.3 Å². The molecular formula is C26H43NO4. The summed E-state index contributed by atoms with van der Waals surface area (Å²) in [5, 5.41) is 0. The molecule has 0 aliphatic carbocycles. The lowest BCUT2D eigenvalue weighted by Crippen LogP contribution is -2.39.